The third kappa shape index (κ3) is 3.29. The molecule has 0 saturated heterocycles. The summed E-state index contributed by atoms with van der Waals surface area (Å²) >= 11 is 0. The van der Waals surface area contributed by atoms with Crippen LogP contribution in [0.2, 0.25) is 0 Å². The van der Waals surface area contributed by atoms with E-state index in [0.717, 1.165) is 17.7 Å². The van der Waals surface area contributed by atoms with E-state index in [-0.39, 0.29) is 0 Å². The number of hydrogen-bond donors (Lipinski definition) is 2. The molecule has 102 valence electrons. The molecule has 0 bridgehead atoms. The summed E-state index contributed by atoms with van der Waals surface area (Å²) in [4.78, 5) is 21.9. The van der Waals surface area contributed by atoms with Crippen LogP contribution in [0.3, 0.4) is 0 Å². The van der Waals surface area contributed by atoms with Gasteiger partial charge in [0, 0.05) is 23.4 Å². The van der Waals surface area contributed by atoms with Crippen molar-refractivity contribution in [2.75, 3.05) is 5.32 Å². The Balaban J connectivity index is 2.21. The minimum atomic E-state index is -1.18. The molecule has 2 aromatic rings. The Morgan fingerprint density at radius 2 is 2.15 bits per heavy atom. The Bertz CT molecular complexity index is 662. The Labute approximate surface area is 113 Å². The molecule has 20 heavy (non-hydrogen) atoms. The molecular weight excluding hydrogens is 262 g/mol. The molecule has 1 amide bonds. The molecule has 0 atom stereocenters. The average Bonchev–Trinajstić information content (AvgIpc) is 2.93. The number of aryl methyl sites for hydroxylation is 1. The van der Waals surface area contributed by atoms with Crippen molar-refractivity contribution in [1.29, 1.82) is 0 Å². The highest BCUT2D eigenvalue weighted by Crippen LogP contribution is 2.23. The van der Waals surface area contributed by atoms with Crippen LogP contribution < -0.4 is 5.32 Å². The normalized spacial score (nSPS) is 10.7. The third-order valence-corrected chi connectivity index (χ3v) is 2.48. The van der Waals surface area contributed by atoms with Gasteiger partial charge in [0.2, 0.25) is 18.2 Å². The minimum Gasteiger partial charge on any atom is -0.478 e. The molecule has 0 fully saturated rings. The van der Waals surface area contributed by atoms with Crippen molar-refractivity contribution in [1.82, 2.24) is 10.2 Å². The lowest BCUT2D eigenvalue weighted by molar-refractivity contribution is -0.131. The van der Waals surface area contributed by atoms with Crippen molar-refractivity contribution in [3.8, 4) is 11.5 Å². The van der Waals surface area contributed by atoms with Gasteiger partial charge in [0.25, 0.3) is 0 Å². The molecule has 0 aliphatic heterocycles. The monoisotopic (exact) mass is 273 g/mol. The van der Waals surface area contributed by atoms with Crippen LogP contribution in [0.15, 0.2) is 41.2 Å². The summed E-state index contributed by atoms with van der Waals surface area (Å²) in [6, 6.07) is 5.25. The molecule has 1 aromatic heterocycles. The van der Waals surface area contributed by atoms with Gasteiger partial charge in [-0.25, -0.2) is 4.79 Å². The Morgan fingerprint density at radius 1 is 1.35 bits per heavy atom. The van der Waals surface area contributed by atoms with Crippen LogP contribution in [-0.2, 0) is 9.59 Å². The number of aliphatic carboxylic acids is 1. The van der Waals surface area contributed by atoms with Crippen molar-refractivity contribution in [2.24, 2.45) is 0 Å². The lowest BCUT2D eigenvalue weighted by Crippen LogP contribution is -2.09. The number of nitrogens with zero attached hydrogens (tertiary/aromatic N) is 2. The second kappa shape index (κ2) is 5.79. The van der Waals surface area contributed by atoms with Gasteiger partial charge in [-0.3, -0.25) is 4.79 Å². The van der Waals surface area contributed by atoms with E-state index in [4.69, 9.17) is 9.52 Å². The predicted molar refractivity (Wildman–Crippen MR) is 69.9 cm³/mol. The Kier molecular flexibility index (Phi) is 3.90. The number of carboxylic acid groups (broad SMARTS) is 1. The first-order valence-electron chi connectivity index (χ1n) is 5.65. The van der Waals surface area contributed by atoms with Crippen molar-refractivity contribution in [2.45, 2.75) is 6.92 Å². The predicted octanol–water partition coefficient (Wildman–Crippen LogP) is 1.62. The fraction of sp³-hybridized carbons (Fsp3) is 0.0769. The van der Waals surface area contributed by atoms with Crippen LogP contribution >= 0.6 is 0 Å². The van der Waals surface area contributed by atoms with Crippen LogP contribution in [0.1, 0.15) is 5.56 Å². The van der Waals surface area contributed by atoms with Gasteiger partial charge in [0.05, 0.1) is 0 Å². The quantitative estimate of drug-likeness (QED) is 0.820. The van der Waals surface area contributed by atoms with Gasteiger partial charge in [-0.05, 0) is 24.6 Å². The molecule has 0 unspecified atom stereocenters. The second-order valence-electron chi connectivity index (χ2n) is 3.93. The SMILES string of the molecule is Cc1ccc(-c2nnco2)cc1NC(=O)/C=C/C(=O)O. The number of rotatable bonds is 4. The maximum absolute atomic E-state index is 11.6. The van der Waals surface area contributed by atoms with Gasteiger partial charge in [0.15, 0.2) is 0 Å². The molecular formula is C13H11N3O4. The summed E-state index contributed by atoms with van der Waals surface area (Å²) in [6.07, 6.45) is 2.93. The molecule has 0 saturated carbocycles. The minimum absolute atomic E-state index is 0.335. The molecule has 1 heterocycles. The number of nitrogens with one attached hydrogen (secondary N) is 1. The molecule has 0 aliphatic rings. The Morgan fingerprint density at radius 3 is 2.80 bits per heavy atom. The number of hydrogen-bond acceptors (Lipinski definition) is 5. The van der Waals surface area contributed by atoms with Crippen LogP contribution in [0, 0.1) is 6.92 Å². The summed E-state index contributed by atoms with van der Waals surface area (Å²) in [7, 11) is 0. The fourth-order valence-electron chi connectivity index (χ4n) is 1.51. The maximum atomic E-state index is 11.6. The summed E-state index contributed by atoms with van der Waals surface area (Å²) in [5, 5.41) is 18.4. The van der Waals surface area contributed by atoms with E-state index in [1.165, 1.54) is 6.39 Å². The van der Waals surface area contributed by atoms with Crippen molar-refractivity contribution >= 4 is 17.6 Å². The largest absolute Gasteiger partial charge is 0.478 e. The van der Waals surface area contributed by atoms with E-state index in [9.17, 15) is 9.59 Å². The van der Waals surface area contributed by atoms with Gasteiger partial charge >= 0.3 is 5.97 Å². The third-order valence-electron chi connectivity index (χ3n) is 2.48. The Hall–Kier alpha value is -2.96. The van der Waals surface area contributed by atoms with E-state index in [0.29, 0.717) is 17.1 Å². The zero-order valence-corrected chi connectivity index (χ0v) is 10.5. The molecule has 7 nitrogen and oxygen atoms in total. The molecule has 0 radical (unpaired) electrons. The number of anilines is 1. The lowest BCUT2D eigenvalue weighted by Gasteiger charge is -2.07. The topological polar surface area (TPSA) is 105 Å². The van der Waals surface area contributed by atoms with Crippen molar-refractivity contribution < 1.29 is 19.1 Å². The number of carboxylic acids is 1. The fourth-order valence-corrected chi connectivity index (χ4v) is 1.51. The van der Waals surface area contributed by atoms with Gasteiger partial charge in [-0.2, -0.15) is 0 Å². The molecule has 0 spiro atoms. The van der Waals surface area contributed by atoms with E-state index < -0.39 is 11.9 Å². The van der Waals surface area contributed by atoms with Crippen LogP contribution in [0.5, 0.6) is 0 Å². The maximum Gasteiger partial charge on any atom is 0.328 e. The number of carbonyl (C=O) groups is 2. The highest BCUT2D eigenvalue weighted by molar-refractivity contribution is 6.02. The van der Waals surface area contributed by atoms with E-state index in [1.54, 1.807) is 18.2 Å². The zero-order chi connectivity index (χ0) is 14.5. The number of aromatic nitrogens is 2. The summed E-state index contributed by atoms with van der Waals surface area (Å²) in [6.45, 7) is 1.81. The second-order valence-corrected chi connectivity index (χ2v) is 3.93. The van der Waals surface area contributed by atoms with E-state index in [2.05, 4.69) is 15.5 Å². The number of carbonyl (C=O) groups excluding carboxylic acids is 1. The van der Waals surface area contributed by atoms with E-state index in [1.807, 2.05) is 6.92 Å². The zero-order valence-electron chi connectivity index (χ0n) is 10.5. The molecule has 2 rings (SSSR count). The molecule has 1 aromatic carbocycles. The van der Waals surface area contributed by atoms with Gasteiger partial charge < -0.3 is 14.8 Å². The summed E-state index contributed by atoms with van der Waals surface area (Å²) < 4.78 is 5.07. The molecule has 7 heteroatoms. The van der Waals surface area contributed by atoms with Crippen LogP contribution in [0.25, 0.3) is 11.5 Å². The van der Waals surface area contributed by atoms with E-state index >= 15 is 0 Å². The highest BCUT2D eigenvalue weighted by Gasteiger charge is 2.08. The average molecular weight is 273 g/mol. The van der Waals surface area contributed by atoms with Crippen molar-refractivity contribution in [3.63, 3.8) is 0 Å². The molecule has 0 aliphatic carbocycles. The first-order chi connectivity index (χ1) is 9.56. The van der Waals surface area contributed by atoms with Crippen LogP contribution in [-0.4, -0.2) is 27.2 Å². The number of benzene rings is 1. The van der Waals surface area contributed by atoms with Gasteiger partial charge in [-0.15, -0.1) is 10.2 Å². The molecule has 2 N–H and O–H groups in total. The first-order valence-corrected chi connectivity index (χ1v) is 5.65. The smallest absolute Gasteiger partial charge is 0.328 e. The summed E-state index contributed by atoms with van der Waals surface area (Å²) in [5.74, 6) is -1.38. The van der Waals surface area contributed by atoms with Gasteiger partial charge in [0.1, 0.15) is 0 Å². The standard InChI is InChI=1S/C13H11N3O4/c1-8-2-3-9(13-16-14-7-20-13)6-10(8)15-11(17)4-5-12(18)19/h2-7H,1H3,(H,15,17)(H,18,19)/b5-4+. The highest BCUT2D eigenvalue weighted by atomic mass is 16.4. The number of amides is 1. The van der Waals surface area contributed by atoms with Crippen molar-refractivity contribution in [3.05, 3.63) is 42.3 Å². The summed E-state index contributed by atoms with van der Waals surface area (Å²) in [5.41, 5.74) is 2.02. The van der Waals surface area contributed by atoms with Gasteiger partial charge in [-0.1, -0.05) is 6.07 Å². The lowest BCUT2D eigenvalue weighted by atomic mass is 10.1. The first kappa shape index (κ1) is 13.5. The van der Waals surface area contributed by atoms with Crippen LogP contribution in [0.4, 0.5) is 5.69 Å².